The molecule has 1 amide bonds. The zero-order chi connectivity index (χ0) is 13.4. The van der Waals surface area contributed by atoms with E-state index in [-0.39, 0.29) is 5.91 Å². The van der Waals surface area contributed by atoms with Crippen molar-refractivity contribution in [2.24, 2.45) is 0 Å². The Morgan fingerprint density at radius 2 is 1.78 bits per heavy atom. The molecule has 3 nitrogen and oxygen atoms in total. The lowest BCUT2D eigenvalue weighted by molar-refractivity contribution is 0.0791. The van der Waals surface area contributed by atoms with Gasteiger partial charge in [-0.05, 0) is 31.2 Å². The maximum atomic E-state index is 12.2. The van der Waals surface area contributed by atoms with E-state index in [9.17, 15) is 4.79 Å². The van der Waals surface area contributed by atoms with E-state index in [4.69, 9.17) is 4.74 Å². The number of rotatable bonds is 7. The van der Waals surface area contributed by atoms with Crippen LogP contribution in [0, 0.1) is 0 Å². The second-order valence-corrected chi connectivity index (χ2v) is 3.74. The van der Waals surface area contributed by atoms with Crippen molar-refractivity contribution in [3.05, 3.63) is 55.1 Å². The van der Waals surface area contributed by atoms with Gasteiger partial charge in [0, 0.05) is 18.7 Å². The van der Waals surface area contributed by atoms with Crippen molar-refractivity contribution in [2.75, 3.05) is 19.7 Å². The van der Waals surface area contributed by atoms with Gasteiger partial charge in [-0.1, -0.05) is 12.2 Å². The molecule has 1 rings (SSSR count). The van der Waals surface area contributed by atoms with Crippen LogP contribution in [0.25, 0.3) is 0 Å². The van der Waals surface area contributed by atoms with E-state index in [1.165, 1.54) is 0 Å². The Kier molecular flexibility index (Phi) is 5.71. The lowest BCUT2D eigenvalue weighted by Crippen LogP contribution is -2.31. The third kappa shape index (κ3) is 3.77. The summed E-state index contributed by atoms with van der Waals surface area (Å²) in [5, 5.41) is 0. The fourth-order valence-corrected chi connectivity index (χ4v) is 1.60. The third-order valence-electron chi connectivity index (χ3n) is 2.40. The van der Waals surface area contributed by atoms with E-state index < -0.39 is 0 Å². The third-order valence-corrected chi connectivity index (χ3v) is 2.40. The maximum absolute atomic E-state index is 12.2. The van der Waals surface area contributed by atoms with Gasteiger partial charge < -0.3 is 9.64 Å². The van der Waals surface area contributed by atoms with Crippen LogP contribution in [-0.4, -0.2) is 30.5 Å². The topological polar surface area (TPSA) is 29.5 Å². The quantitative estimate of drug-likeness (QED) is 0.691. The summed E-state index contributed by atoms with van der Waals surface area (Å²) in [6.45, 7) is 10.9. The zero-order valence-electron chi connectivity index (χ0n) is 10.8. The molecule has 0 N–H and O–H groups in total. The zero-order valence-corrected chi connectivity index (χ0v) is 10.8. The highest BCUT2D eigenvalue weighted by atomic mass is 16.5. The van der Waals surface area contributed by atoms with Crippen molar-refractivity contribution in [1.82, 2.24) is 4.90 Å². The number of carbonyl (C=O) groups excluding carboxylic acids is 1. The highest BCUT2D eigenvalue weighted by Gasteiger charge is 2.12. The van der Waals surface area contributed by atoms with Crippen LogP contribution in [0.3, 0.4) is 0 Å². The summed E-state index contributed by atoms with van der Waals surface area (Å²) in [5.41, 5.74) is 0.641. The van der Waals surface area contributed by atoms with Crippen LogP contribution in [0.4, 0.5) is 0 Å². The van der Waals surface area contributed by atoms with Crippen molar-refractivity contribution in [3.8, 4) is 5.75 Å². The first kappa shape index (κ1) is 14.0. The first-order valence-corrected chi connectivity index (χ1v) is 5.96. The number of nitrogens with zero attached hydrogens (tertiary/aromatic N) is 1. The number of hydrogen-bond acceptors (Lipinski definition) is 2. The summed E-state index contributed by atoms with van der Waals surface area (Å²) in [6, 6.07) is 7.15. The average molecular weight is 245 g/mol. The molecule has 0 saturated heterocycles. The summed E-state index contributed by atoms with van der Waals surface area (Å²) >= 11 is 0. The van der Waals surface area contributed by atoms with Gasteiger partial charge in [-0.2, -0.15) is 0 Å². The first-order chi connectivity index (χ1) is 8.72. The molecular weight excluding hydrogens is 226 g/mol. The van der Waals surface area contributed by atoms with E-state index in [1.807, 2.05) is 6.92 Å². The van der Waals surface area contributed by atoms with Crippen LogP contribution >= 0.6 is 0 Å². The molecule has 3 heteroatoms. The standard InChI is InChI=1S/C15H19NO2/c1-4-11-16(12-5-2)15(17)13-7-9-14(10-8-13)18-6-3/h4-5,7-10H,1-2,6,11-12H2,3H3. The Hall–Kier alpha value is -2.03. The van der Waals surface area contributed by atoms with Gasteiger partial charge in [-0.15, -0.1) is 13.2 Å². The van der Waals surface area contributed by atoms with E-state index in [2.05, 4.69) is 13.2 Å². The van der Waals surface area contributed by atoms with Crippen LogP contribution in [0.5, 0.6) is 5.75 Å². The molecule has 0 aromatic heterocycles. The predicted octanol–water partition coefficient (Wildman–Crippen LogP) is 2.90. The maximum Gasteiger partial charge on any atom is 0.254 e. The molecule has 0 saturated carbocycles. The molecule has 1 aromatic carbocycles. The molecule has 0 heterocycles. The van der Waals surface area contributed by atoms with Crippen molar-refractivity contribution in [3.63, 3.8) is 0 Å². The first-order valence-electron chi connectivity index (χ1n) is 5.96. The van der Waals surface area contributed by atoms with Gasteiger partial charge in [-0.3, -0.25) is 4.79 Å². The van der Waals surface area contributed by atoms with Gasteiger partial charge in [0.05, 0.1) is 6.61 Å². The van der Waals surface area contributed by atoms with Crippen molar-refractivity contribution in [1.29, 1.82) is 0 Å². The Morgan fingerprint density at radius 1 is 1.22 bits per heavy atom. The van der Waals surface area contributed by atoms with Crippen LogP contribution in [0.1, 0.15) is 17.3 Å². The van der Waals surface area contributed by atoms with Gasteiger partial charge in [0.1, 0.15) is 5.75 Å². The Balaban J connectivity index is 2.80. The lowest BCUT2D eigenvalue weighted by atomic mass is 10.2. The molecule has 0 aliphatic carbocycles. The number of benzene rings is 1. The SMILES string of the molecule is C=CCN(CC=C)C(=O)c1ccc(OCC)cc1. The van der Waals surface area contributed by atoms with E-state index in [1.54, 1.807) is 41.3 Å². The monoisotopic (exact) mass is 245 g/mol. The molecule has 0 atom stereocenters. The van der Waals surface area contributed by atoms with Gasteiger partial charge >= 0.3 is 0 Å². The molecule has 1 aromatic rings. The number of carbonyl (C=O) groups is 1. The minimum Gasteiger partial charge on any atom is -0.494 e. The molecule has 96 valence electrons. The second-order valence-electron chi connectivity index (χ2n) is 3.74. The molecule has 0 aliphatic rings. The van der Waals surface area contributed by atoms with E-state index >= 15 is 0 Å². The van der Waals surface area contributed by atoms with Gasteiger partial charge in [-0.25, -0.2) is 0 Å². The molecule has 0 unspecified atom stereocenters. The fourth-order valence-electron chi connectivity index (χ4n) is 1.60. The molecular formula is C15H19NO2. The summed E-state index contributed by atoms with van der Waals surface area (Å²) in [7, 11) is 0. The smallest absolute Gasteiger partial charge is 0.254 e. The Morgan fingerprint density at radius 3 is 2.22 bits per heavy atom. The predicted molar refractivity (Wildman–Crippen MR) is 73.9 cm³/mol. The summed E-state index contributed by atoms with van der Waals surface area (Å²) in [5.74, 6) is 0.742. The lowest BCUT2D eigenvalue weighted by Gasteiger charge is -2.19. The van der Waals surface area contributed by atoms with E-state index in [0.29, 0.717) is 25.3 Å². The van der Waals surface area contributed by atoms with Crippen molar-refractivity contribution in [2.45, 2.75) is 6.92 Å². The van der Waals surface area contributed by atoms with Gasteiger partial charge in [0.2, 0.25) is 0 Å². The van der Waals surface area contributed by atoms with Crippen molar-refractivity contribution >= 4 is 5.91 Å². The van der Waals surface area contributed by atoms with E-state index in [0.717, 1.165) is 5.75 Å². The number of hydrogen-bond donors (Lipinski definition) is 0. The highest BCUT2D eigenvalue weighted by molar-refractivity contribution is 5.94. The van der Waals surface area contributed by atoms with Crippen LogP contribution < -0.4 is 4.74 Å². The second kappa shape index (κ2) is 7.33. The Labute approximate surface area is 108 Å². The molecule has 0 bridgehead atoms. The largest absolute Gasteiger partial charge is 0.494 e. The summed E-state index contributed by atoms with van der Waals surface area (Å²) < 4.78 is 5.34. The molecule has 18 heavy (non-hydrogen) atoms. The fraction of sp³-hybridized carbons (Fsp3) is 0.267. The minimum atomic E-state index is -0.0298. The normalized spacial score (nSPS) is 9.61. The Bertz CT molecular complexity index is 399. The summed E-state index contributed by atoms with van der Waals surface area (Å²) in [6.07, 6.45) is 3.41. The summed E-state index contributed by atoms with van der Waals surface area (Å²) in [4.78, 5) is 13.9. The van der Waals surface area contributed by atoms with Gasteiger partial charge in [0.25, 0.3) is 5.91 Å². The molecule has 0 aliphatic heterocycles. The van der Waals surface area contributed by atoms with Crippen LogP contribution in [0.2, 0.25) is 0 Å². The molecule has 0 spiro atoms. The van der Waals surface area contributed by atoms with Crippen LogP contribution in [-0.2, 0) is 0 Å². The number of amides is 1. The molecule has 0 fully saturated rings. The van der Waals surface area contributed by atoms with Crippen molar-refractivity contribution < 1.29 is 9.53 Å². The van der Waals surface area contributed by atoms with Crippen LogP contribution in [0.15, 0.2) is 49.6 Å². The molecule has 0 radical (unpaired) electrons. The minimum absolute atomic E-state index is 0.0298. The van der Waals surface area contributed by atoms with Gasteiger partial charge in [0.15, 0.2) is 0 Å². The average Bonchev–Trinajstić information content (AvgIpc) is 2.39. The highest BCUT2D eigenvalue weighted by Crippen LogP contribution is 2.13. The number of ether oxygens (including phenoxy) is 1.